The number of morpholine rings is 1. The number of halogens is 1. The average Bonchev–Trinajstić information content (AvgIpc) is 2.40. The Morgan fingerprint density at radius 1 is 1.37 bits per heavy atom. The lowest BCUT2D eigenvalue weighted by molar-refractivity contribution is -0.0965. The number of hydrogen-bond acceptors (Lipinski definition) is 4. The smallest absolute Gasteiger partial charge is 0.119 e. The highest BCUT2D eigenvalue weighted by molar-refractivity contribution is 9.10. The lowest BCUT2D eigenvalue weighted by Crippen LogP contribution is -2.49. The molecular weight excluding hydrogens is 310 g/mol. The third-order valence-corrected chi connectivity index (χ3v) is 3.62. The van der Waals surface area contributed by atoms with E-state index in [0.717, 1.165) is 29.9 Å². The maximum Gasteiger partial charge on any atom is 0.119 e. The second-order valence-electron chi connectivity index (χ2n) is 4.81. The van der Waals surface area contributed by atoms with Crippen LogP contribution in [0, 0.1) is 0 Å². The predicted molar refractivity (Wildman–Crippen MR) is 77.5 cm³/mol. The van der Waals surface area contributed by atoms with Crippen molar-refractivity contribution in [2.24, 2.45) is 0 Å². The van der Waals surface area contributed by atoms with E-state index in [1.54, 1.807) is 0 Å². The van der Waals surface area contributed by atoms with Crippen molar-refractivity contribution in [3.63, 3.8) is 0 Å². The molecule has 5 heteroatoms. The van der Waals surface area contributed by atoms with Crippen LogP contribution in [0.2, 0.25) is 0 Å². The summed E-state index contributed by atoms with van der Waals surface area (Å²) in [5.74, 6) is 0.878. The molecule has 2 atom stereocenters. The average molecular weight is 330 g/mol. The molecule has 0 spiro atoms. The highest BCUT2D eigenvalue weighted by Gasteiger charge is 2.24. The van der Waals surface area contributed by atoms with Gasteiger partial charge in [-0.25, -0.2) is 0 Å². The minimum atomic E-state index is -0.0727. The van der Waals surface area contributed by atoms with Crippen LogP contribution in [0.25, 0.3) is 0 Å². The van der Waals surface area contributed by atoms with Gasteiger partial charge in [0.25, 0.3) is 0 Å². The number of ether oxygens (including phenoxy) is 2. The summed E-state index contributed by atoms with van der Waals surface area (Å²) in [7, 11) is 0. The van der Waals surface area contributed by atoms with Gasteiger partial charge in [-0.1, -0.05) is 15.9 Å². The molecule has 1 aromatic rings. The van der Waals surface area contributed by atoms with Crippen LogP contribution in [0.1, 0.15) is 6.92 Å². The topological polar surface area (TPSA) is 41.9 Å². The zero-order chi connectivity index (χ0) is 13.7. The van der Waals surface area contributed by atoms with E-state index in [4.69, 9.17) is 14.6 Å². The first-order valence-corrected chi connectivity index (χ1v) is 7.33. The monoisotopic (exact) mass is 329 g/mol. The Morgan fingerprint density at radius 2 is 2.11 bits per heavy atom. The number of rotatable bonds is 5. The first kappa shape index (κ1) is 14.8. The van der Waals surface area contributed by atoms with Gasteiger partial charge in [0, 0.05) is 24.1 Å². The maximum absolute atomic E-state index is 9.17. The largest absolute Gasteiger partial charge is 0.492 e. The molecule has 0 aliphatic carbocycles. The summed E-state index contributed by atoms with van der Waals surface area (Å²) in [4.78, 5) is 2.27. The molecule has 0 amide bonds. The standard InChI is InChI=1S/C14H20BrNO3/c1-11-8-16(9-14(10-17)19-11)6-7-18-13-4-2-12(15)3-5-13/h2-5,11,14,17H,6-10H2,1H3. The minimum absolute atomic E-state index is 0.0727. The summed E-state index contributed by atoms with van der Waals surface area (Å²) >= 11 is 3.40. The molecular formula is C14H20BrNO3. The zero-order valence-electron chi connectivity index (χ0n) is 11.1. The highest BCUT2D eigenvalue weighted by atomic mass is 79.9. The lowest BCUT2D eigenvalue weighted by atomic mass is 10.2. The number of aliphatic hydroxyl groups is 1. The Bertz CT molecular complexity index is 385. The number of benzene rings is 1. The molecule has 1 aliphatic rings. The molecule has 19 heavy (non-hydrogen) atoms. The molecule has 2 rings (SSSR count). The van der Waals surface area contributed by atoms with Gasteiger partial charge in [0.2, 0.25) is 0 Å². The third kappa shape index (κ3) is 4.76. The Labute approximate surface area is 122 Å². The molecule has 1 aliphatic heterocycles. The minimum Gasteiger partial charge on any atom is -0.492 e. The van der Waals surface area contributed by atoms with Gasteiger partial charge in [0.1, 0.15) is 12.4 Å². The molecule has 1 N–H and O–H groups in total. The Morgan fingerprint density at radius 3 is 2.79 bits per heavy atom. The molecule has 0 bridgehead atoms. The van der Waals surface area contributed by atoms with E-state index in [-0.39, 0.29) is 18.8 Å². The summed E-state index contributed by atoms with van der Waals surface area (Å²) in [6.07, 6.45) is 0.0926. The van der Waals surface area contributed by atoms with Crippen molar-refractivity contribution in [2.45, 2.75) is 19.1 Å². The molecule has 1 fully saturated rings. The predicted octanol–water partition coefficient (Wildman–Crippen LogP) is 1.91. The van der Waals surface area contributed by atoms with Gasteiger partial charge in [-0.05, 0) is 31.2 Å². The molecule has 1 aromatic carbocycles. The molecule has 4 nitrogen and oxygen atoms in total. The normalized spacial score (nSPS) is 24.4. The van der Waals surface area contributed by atoms with Gasteiger partial charge in [-0.2, -0.15) is 0 Å². The summed E-state index contributed by atoms with van der Waals surface area (Å²) in [5, 5.41) is 9.17. The third-order valence-electron chi connectivity index (χ3n) is 3.10. The van der Waals surface area contributed by atoms with E-state index in [0.29, 0.717) is 6.61 Å². The van der Waals surface area contributed by atoms with Gasteiger partial charge >= 0.3 is 0 Å². The van der Waals surface area contributed by atoms with Crippen LogP contribution >= 0.6 is 15.9 Å². The Balaban J connectivity index is 1.74. The van der Waals surface area contributed by atoms with E-state index in [1.165, 1.54) is 0 Å². The van der Waals surface area contributed by atoms with Crippen LogP contribution < -0.4 is 4.74 Å². The van der Waals surface area contributed by atoms with Gasteiger partial charge in [0.15, 0.2) is 0 Å². The van der Waals surface area contributed by atoms with Crippen LogP contribution in [0.4, 0.5) is 0 Å². The van der Waals surface area contributed by atoms with E-state index in [9.17, 15) is 0 Å². The summed E-state index contributed by atoms with van der Waals surface area (Å²) < 4.78 is 12.4. The van der Waals surface area contributed by atoms with Crippen molar-refractivity contribution in [2.75, 3.05) is 32.8 Å². The summed E-state index contributed by atoms with van der Waals surface area (Å²) in [6, 6.07) is 7.83. The summed E-state index contributed by atoms with van der Waals surface area (Å²) in [5.41, 5.74) is 0. The fourth-order valence-corrected chi connectivity index (χ4v) is 2.51. The fraction of sp³-hybridized carbons (Fsp3) is 0.571. The van der Waals surface area contributed by atoms with Crippen molar-refractivity contribution in [3.05, 3.63) is 28.7 Å². The van der Waals surface area contributed by atoms with Gasteiger partial charge < -0.3 is 14.6 Å². The zero-order valence-corrected chi connectivity index (χ0v) is 12.7. The van der Waals surface area contributed by atoms with Crippen molar-refractivity contribution >= 4 is 15.9 Å². The fourth-order valence-electron chi connectivity index (χ4n) is 2.25. The molecule has 2 unspecified atom stereocenters. The van der Waals surface area contributed by atoms with E-state index >= 15 is 0 Å². The second kappa shape index (κ2) is 7.24. The first-order chi connectivity index (χ1) is 9.17. The van der Waals surface area contributed by atoms with Crippen LogP contribution in [-0.2, 0) is 4.74 Å². The number of hydrogen-bond donors (Lipinski definition) is 1. The van der Waals surface area contributed by atoms with Crippen LogP contribution in [-0.4, -0.2) is 55.1 Å². The van der Waals surface area contributed by atoms with Gasteiger partial charge in [-0.15, -0.1) is 0 Å². The molecule has 0 radical (unpaired) electrons. The van der Waals surface area contributed by atoms with E-state index < -0.39 is 0 Å². The Hall–Kier alpha value is -0.620. The lowest BCUT2D eigenvalue weighted by Gasteiger charge is -2.35. The highest BCUT2D eigenvalue weighted by Crippen LogP contribution is 2.16. The van der Waals surface area contributed by atoms with Crippen molar-refractivity contribution in [1.82, 2.24) is 4.90 Å². The molecule has 1 saturated heterocycles. The van der Waals surface area contributed by atoms with Crippen LogP contribution in [0.15, 0.2) is 28.7 Å². The first-order valence-electron chi connectivity index (χ1n) is 6.54. The molecule has 106 valence electrons. The van der Waals surface area contributed by atoms with Crippen molar-refractivity contribution < 1.29 is 14.6 Å². The van der Waals surface area contributed by atoms with Crippen molar-refractivity contribution in [1.29, 1.82) is 0 Å². The van der Waals surface area contributed by atoms with Gasteiger partial charge in [-0.3, -0.25) is 4.90 Å². The van der Waals surface area contributed by atoms with E-state index in [1.807, 2.05) is 31.2 Å². The van der Waals surface area contributed by atoms with E-state index in [2.05, 4.69) is 20.8 Å². The second-order valence-corrected chi connectivity index (χ2v) is 5.73. The van der Waals surface area contributed by atoms with Gasteiger partial charge in [0.05, 0.1) is 18.8 Å². The molecule has 0 saturated carbocycles. The SMILES string of the molecule is CC1CN(CCOc2ccc(Br)cc2)CC(CO)O1. The Kier molecular flexibility index (Phi) is 5.63. The maximum atomic E-state index is 9.17. The van der Waals surface area contributed by atoms with Crippen LogP contribution in [0.5, 0.6) is 5.75 Å². The molecule has 0 aromatic heterocycles. The quantitative estimate of drug-likeness (QED) is 0.896. The van der Waals surface area contributed by atoms with Crippen LogP contribution in [0.3, 0.4) is 0 Å². The summed E-state index contributed by atoms with van der Waals surface area (Å²) in [6.45, 7) is 5.26. The van der Waals surface area contributed by atoms with Crippen molar-refractivity contribution in [3.8, 4) is 5.75 Å². The molecule has 1 heterocycles. The number of aliphatic hydroxyl groups excluding tert-OH is 1. The number of nitrogens with zero attached hydrogens (tertiary/aromatic N) is 1.